The van der Waals surface area contributed by atoms with Crippen molar-refractivity contribution in [3.63, 3.8) is 0 Å². The van der Waals surface area contributed by atoms with E-state index in [4.69, 9.17) is 0 Å². The molecule has 1 heterocycles. The lowest BCUT2D eigenvalue weighted by Gasteiger charge is -1.90. The molecular weight excluding hydrogens is 136 g/mol. The molecule has 0 spiro atoms. The van der Waals surface area contributed by atoms with Crippen molar-refractivity contribution in [2.75, 3.05) is 0 Å². The van der Waals surface area contributed by atoms with Crippen LogP contribution in [0.25, 0.3) is 5.83 Å². The van der Waals surface area contributed by atoms with Crippen LogP contribution in [0.3, 0.4) is 0 Å². The Morgan fingerprint density at radius 3 is 2.80 bits per heavy atom. The highest BCUT2D eigenvalue weighted by Crippen LogP contribution is 2.11. The van der Waals surface area contributed by atoms with Crippen molar-refractivity contribution in [2.45, 2.75) is 0 Å². The van der Waals surface area contributed by atoms with Crippen LogP contribution < -0.4 is 0 Å². The average Bonchev–Trinajstić information content (AvgIpc) is 2.05. The van der Waals surface area contributed by atoms with Crippen molar-refractivity contribution in [1.29, 1.82) is 0 Å². The Morgan fingerprint density at radius 1 is 1.50 bits per heavy atom. The highest BCUT2D eigenvalue weighted by molar-refractivity contribution is 5.53. The van der Waals surface area contributed by atoms with Crippen molar-refractivity contribution < 1.29 is 8.78 Å². The van der Waals surface area contributed by atoms with Gasteiger partial charge in [-0.05, 0) is 12.1 Å². The molecule has 0 amide bonds. The first kappa shape index (κ1) is 6.86. The molecule has 1 aromatic heterocycles. The molecule has 0 aromatic carbocycles. The van der Waals surface area contributed by atoms with Crippen LogP contribution in [0.15, 0.2) is 30.7 Å². The molecule has 1 rings (SSSR count). The van der Waals surface area contributed by atoms with E-state index in [0.29, 0.717) is 0 Å². The molecule has 0 aliphatic rings. The van der Waals surface area contributed by atoms with Crippen LogP contribution in [0.1, 0.15) is 5.69 Å². The summed E-state index contributed by atoms with van der Waals surface area (Å²) in [6, 6.07) is 4.62. The number of nitrogens with zero attached hydrogens (tertiary/aromatic N) is 1. The van der Waals surface area contributed by atoms with Crippen LogP contribution in [0.2, 0.25) is 0 Å². The number of aromatic nitrogens is 1. The van der Waals surface area contributed by atoms with Gasteiger partial charge in [0.1, 0.15) is 12.0 Å². The fraction of sp³-hybridized carbons (Fsp3) is 0. The van der Waals surface area contributed by atoms with Gasteiger partial charge in [0.15, 0.2) is 5.83 Å². The molecule has 10 heavy (non-hydrogen) atoms. The molecule has 52 valence electrons. The maximum atomic E-state index is 12.3. The Balaban J connectivity index is 2.96. The summed E-state index contributed by atoms with van der Waals surface area (Å²) in [6.45, 7) is 0. The topological polar surface area (TPSA) is 12.9 Å². The van der Waals surface area contributed by atoms with Crippen LogP contribution >= 0.6 is 0 Å². The van der Waals surface area contributed by atoms with Crippen LogP contribution in [0.4, 0.5) is 8.78 Å². The highest BCUT2D eigenvalue weighted by atomic mass is 19.2. The monoisotopic (exact) mass is 141 g/mol. The summed E-state index contributed by atoms with van der Waals surface area (Å²) in [7, 11) is 0. The summed E-state index contributed by atoms with van der Waals surface area (Å²) < 4.78 is 23.8. The Hall–Kier alpha value is -1.25. The van der Waals surface area contributed by atoms with E-state index < -0.39 is 5.83 Å². The van der Waals surface area contributed by atoms with Gasteiger partial charge in [0.25, 0.3) is 0 Å². The maximum Gasteiger partial charge on any atom is 0.176 e. The second-order valence-corrected chi connectivity index (χ2v) is 1.67. The fourth-order valence-corrected chi connectivity index (χ4v) is 0.560. The summed E-state index contributed by atoms with van der Waals surface area (Å²) in [4.78, 5) is 3.57. The summed E-state index contributed by atoms with van der Waals surface area (Å²) in [5, 5.41) is 0. The van der Waals surface area contributed by atoms with Crippen LogP contribution in [0.5, 0.6) is 0 Å². The molecule has 1 nitrogen and oxygen atoms in total. The third kappa shape index (κ3) is 1.37. The second-order valence-electron chi connectivity index (χ2n) is 1.67. The van der Waals surface area contributed by atoms with Crippen molar-refractivity contribution in [3.05, 3.63) is 36.4 Å². The van der Waals surface area contributed by atoms with Gasteiger partial charge in [-0.15, -0.1) is 0 Å². The lowest BCUT2D eigenvalue weighted by Crippen LogP contribution is -1.80. The minimum Gasteiger partial charge on any atom is -0.254 e. The van der Waals surface area contributed by atoms with Gasteiger partial charge in [-0.3, -0.25) is 4.98 Å². The molecule has 0 bridgehead atoms. The fourth-order valence-electron chi connectivity index (χ4n) is 0.560. The summed E-state index contributed by atoms with van der Waals surface area (Å²) in [6.07, 6.45) is 1.29. The first-order chi connectivity index (χ1) is 4.84. The van der Waals surface area contributed by atoms with E-state index >= 15 is 0 Å². The van der Waals surface area contributed by atoms with E-state index in [1.54, 1.807) is 12.1 Å². The number of hydrogen-bond acceptors (Lipinski definition) is 1. The average molecular weight is 141 g/mol. The van der Waals surface area contributed by atoms with Crippen LogP contribution in [-0.2, 0) is 0 Å². The van der Waals surface area contributed by atoms with Gasteiger partial charge in [-0.2, -0.15) is 0 Å². The largest absolute Gasteiger partial charge is 0.254 e. The second kappa shape index (κ2) is 3.06. The molecule has 0 atom stereocenters. The number of rotatable bonds is 1. The van der Waals surface area contributed by atoms with E-state index in [1.165, 1.54) is 12.3 Å². The lowest BCUT2D eigenvalue weighted by molar-refractivity contribution is 0.668. The Bertz CT molecular complexity index is 231. The SMILES string of the molecule is F/C=C(/F)c1ccccn1. The molecule has 0 radical (unpaired) electrons. The summed E-state index contributed by atoms with van der Waals surface area (Å²) in [5.41, 5.74) is 0.0185. The van der Waals surface area contributed by atoms with Crippen molar-refractivity contribution in [2.24, 2.45) is 0 Å². The van der Waals surface area contributed by atoms with Gasteiger partial charge < -0.3 is 0 Å². The zero-order chi connectivity index (χ0) is 7.40. The maximum absolute atomic E-state index is 12.3. The molecule has 3 heteroatoms. The molecule has 0 saturated heterocycles. The van der Waals surface area contributed by atoms with Crippen molar-refractivity contribution >= 4 is 5.83 Å². The molecular formula is C7H5F2N. The Labute approximate surface area is 57.0 Å². The minimum atomic E-state index is -0.944. The molecule has 0 aliphatic heterocycles. The number of hydrogen-bond donors (Lipinski definition) is 0. The lowest BCUT2D eigenvalue weighted by atomic mass is 10.3. The van der Waals surface area contributed by atoms with Gasteiger partial charge in [-0.25, -0.2) is 8.78 Å². The zero-order valence-electron chi connectivity index (χ0n) is 5.09. The standard InChI is InChI=1S/C7H5F2N/c8-5-6(9)7-3-1-2-4-10-7/h1-5H/b6-5+. The van der Waals surface area contributed by atoms with E-state index in [9.17, 15) is 8.78 Å². The van der Waals surface area contributed by atoms with E-state index in [-0.39, 0.29) is 12.0 Å². The van der Waals surface area contributed by atoms with E-state index in [1.807, 2.05) is 0 Å². The predicted molar refractivity (Wildman–Crippen MR) is 34.4 cm³/mol. The molecule has 0 N–H and O–H groups in total. The molecule has 0 aliphatic carbocycles. The van der Waals surface area contributed by atoms with Crippen LogP contribution in [-0.4, -0.2) is 4.98 Å². The molecule has 0 fully saturated rings. The Kier molecular flexibility index (Phi) is 2.10. The first-order valence-electron chi connectivity index (χ1n) is 2.72. The molecule has 0 unspecified atom stereocenters. The quantitative estimate of drug-likeness (QED) is 0.584. The van der Waals surface area contributed by atoms with Gasteiger partial charge >= 0.3 is 0 Å². The van der Waals surface area contributed by atoms with Crippen LogP contribution in [0, 0.1) is 0 Å². The molecule has 1 aromatic rings. The number of halogens is 2. The smallest absolute Gasteiger partial charge is 0.176 e. The van der Waals surface area contributed by atoms with E-state index in [2.05, 4.69) is 4.98 Å². The molecule has 0 saturated carbocycles. The van der Waals surface area contributed by atoms with Gasteiger partial charge in [0, 0.05) is 6.20 Å². The number of pyridine rings is 1. The Morgan fingerprint density at radius 2 is 2.30 bits per heavy atom. The minimum absolute atomic E-state index is 0.0185. The third-order valence-electron chi connectivity index (χ3n) is 1.01. The predicted octanol–water partition coefficient (Wildman–Crippen LogP) is 2.32. The normalized spacial score (nSPS) is 11.6. The van der Waals surface area contributed by atoms with Crippen molar-refractivity contribution in [1.82, 2.24) is 4.98 Å². The van der Waals surface area contributed by atoms with Gasteiger partial charge in [0.05, 0.1) is 0 Å². The highest BCUT2D eigenvalue weighted by Gasteiger charge is 1.97. The van der Waals surface area contributed by atoms with Gasteiger partial charge in [0.2, 0.25) is 0 Å². The third-order valence-corrected chi connectivity index (χ3v) is 1.01. The summed E-state index contributed by atoms with van der Waals surface area (Å²) in [5.74, 6) is -0.944. The van der Waals surface area contributed by atoms with Gasteiger partial charge in [-0.1, -0.05) is 6.07 Å². The van der Waals surface area contributed by atoms with E-state index in [0.717, 1.165) is 0 Å². The summed E-state index contributed by atoms with van der Waals surface area (Å²) >= 11 is 0. The zero-order valence-corrected chi connectivity index (χ0v) is 5.09. The first-order valence-corrected chi connectivity index (χ1v) is 2.72. The van der Waals surface area contributed by atoms with Crippen molar-refractivity contribution in [3.8, 4) is 0 Å².